The molecule has 2 aromatic carbocycles. The molecule has 0 bridgehead atoms. The number of nitrogens with zero attached hydrogens (tertiary/aromatic N) is 1. The van der Waals surface area contributed by atoms with E-state index in [1.165, 1.54) is 0 Å². The Bertz CT molecular complexity index is 994. The van der Waals surface area contributed by atoms with Gasteiger partial charge in [-0.2, -0.15) is 0 Å². The van der Waals surface area contributed by atoms with Crippen molar-refractivity contribution in [1.29, 1.82) is 0 Å². The first-order valence-electron chi connectivity index (χ1n) is 8.51. The highest BCUT2D eigenvalue weighted by molar-refractivity contribution is 6.42. The van der Waals surface area contributed by atoms with E-state index in [1.54, 1.807) is 30.5 Å². The fraction of sp³-hybridized carbons (Fsp3) is 0.143. The predicted molar refractivity (Wildman–Crippen MR) is 105 cm³/mol. The lowest BCUT2D eigenvalue weighted by atomic mass is 9.81. The molecule has 6 heteroatoms. The summed E-state index contributed by atoms with van der Waals surface area (Å²) in [6.45, 7) is 0.439. The lowest BCUT2D eigenvalue weighted by Gasteiger charge is -2.39. The number of rotatable bonds is 3. The number of aromatic nitrogens is 1. The second kappa shape index (κ2) is 7.22. The molecule has 0 saturated heterocycles. The molecule has 4 rings (SSSR count). The van der Waals surface area contributed by atoms with Gasteiger partial charge < -0.3 is 10.1 Å². The molecular weight excluding hydrogens is 383 g/mol. The summed E-state index contributed by atoms with van der Waals surface area (Å²) in [6, 6.07) is 18.1. The molecule has 3 aromatic rings. The lowest BCUT2D eigenvalue weighted by Crippen LogP contribution is -2.50. The maximum absolute atomic E-state index is 13.0. The number of halogens is 2. The summed E-state index contributed by atoms with van der Waals surface area (Å²) in [5.74, 6) is 0.448. The van der Waals surface area contributed by atoms with Crippen molar-refractivity contribution in [3.63, 3.8) is 0 Å². The summed E-state index contributed by atoms with van der Waals surface area (Å²) < 4.78 is 5.77. The summed E-state index contributed by atoms with van der Waals surface area (Å²) in [6.07, 6.45) is 2.21. The maximum atomic E-state index is 13.0. The van der Waals surface area contributed by atoms with Gasteiger partial charge >= 0.3 is 0 Å². The van der Waals surface area contributed by atoms with Crippen LogP contribution in [0.4, 0.5) is 0 Å². The Hall–Kier alpha value is -2.56. The van der Waals surface area contributed by atoms with Gasteiger partial charge in [-0.05, 0) is 42.0 Å². The van der Waals surface area contributed by atoms with E-state index in [-0.39, 0.29) is 5.91 Å². The van der Waals surface area contributed by atoms with Crippen LogP contribution < -0.4 is 10.1 Å². The molecule has 1 aromatic heterocycles. The van der Waals surface area contributed by atoms with Crippen LogP contribution in [-0.2, 0) is 5.54 Å². The molecule has 0 fully saturated rings. The van der Waals surface area contributed by atoms with Gasteiger partial charge in [-0.3, -0.25) is 9.78 Å². The topological polar surface area (TPSA) is 51.2 Å². The van der Waals surface area contributed by atoms with Crippen LogP contribution in [0.1, 0.15) is 28.0 Å². The third kappa shape index (κ3) is 3.27. The van der Waals surface area contributed by atoms with Gasteiger partial charge in [0.2, 0.25) is 0 Å². The van der Waals surface area contributed by atoms with Crippen molar-refractivity contribution < 1.29 is 9.53 Å². The Morgan fingerprint density at radius 3 is 2.63 bits per heavy atom. The quantitative estimate of drug-likeness (QED) is 0.686. The van der Waals surface area contributed by atoms with Crippen LogP contribution in [0.25, 0.3) is 0 Å². The molecule has 2 heterocycles. The van der Waals surface area contributed by atoms with Crippen LogP contribution in [0.5, 0.6) is 5.75 Å². The van der Waals surface area contributed by atoms with Gasteiger partial charge in [-0.15, -0.1) is 0 Å². The number of carbonyl (C=O) groups is 1. The van der Waals surface area contributed by atoms with E-state index < -0.39 is 5.54 Å². The zero-order chi connectivity index (χ0) is 18.9. The standard InChI is InChI=1S/C21H16Cl2N2O2/c22-16-9-8-15(13-17(16)23)21(25-20(26)14-5-2-1-3-6-14)10-12-27-18-7-4-11-24-19(18)21/h1-9,11,13H,10,12H2,(H,25,26)/t21-/m0/s1. The summed E-state index contributed by atoms with van der Waals surface area (Å²) >= 11 is 12.4. The fourth-order valence-electron chi connectivity index (χ4n) is 3.35. The van der Waals surface area contributed by atoms with Gasteiger partial charge in [0.25, 0.3) is 5.91 Å². The molecule has 4 nitrogen and oxygen atoms in total. The Balaban J connectivity index is 1.86. The summed E-state index contributed by atoms with van der Waals surface area (Å²) in [5, 5.41) is 4.06. The van der Waals surface area contributed by atoms with Crippen LogP contribution >= 0.6 is 23.2 Å². The molecule has 0 saturated carbocycles. The third-order valence-electron chi connectivity index (χ3n) is 4.68. The summed E-state index contributed by atoms with van der Waals surface area (Å²) in [4.78, 5) is 17.5. The first-order valence-corrected chi connectivity index (χ1v) is 9.27. The number of hydrogen-bond acceptors (Lipinski definition) is 3. The minimum absolute atomic E-state index is 0.194. The molecular formula is C21H16Cl2N2O2. The summed E-state index contributed by atoms with van der Waals surface area (Å²) in [7, 11) is 0. The minimum Gasteiger partial charge on any atom is -0.491 e. The van der Waals surface area contributed by atoms with Crippen LogP contribution in [0.15, 0.2) is 66.9 Å². The highest BCUT2D eigenvalue weighted by atomic mass is 35.5. The lowest BCUT2D eigenvalue weighted by molar-refractivity contribution is 0.0883. The second-order valence-electron chi connectivity index (χ2n) is 6.30. The number of benzene rings is 2. The Kier molecular flexibility index (Phi) is 4.77. The Morgan fingerprint density at radius 2 is 1.85 bits per heavy atom. The molecule has 27 heavy (non-hydrogen) atoms. The van der Waals surface area contributed by atoms with E-state index >= 15 is 0 Å². The minimum atomic E-state index is -0.865. The number of pyridine rings is 1. The second-order valence-corrected chi connectivity index (χ2v) is 7.12. The number of nitrogens with one attached hydrogen (secondary N) is 1. The zero-order valence-electron chi connectivity index (χ0n) is 14.3. The van der Waals surface area contributed by atoms with Crippen LogP contribution in [0.2, 0.25) is 10.0 Å². The zero-order valence-corrected chi connectivity index (χ0v) is 15.8. The largest absolute Gasteiger partial charge is 0.491 e. The smallest absolute Gasteiger partial charge is 0.252 e. The number of ether oxygens (including phenoxy) is 1. The third-order valence-corrected chi connectivity index (χ3v) is 5.42. The van der Waals surface area contributed by atoms with Crippen molar-refractivity contribution in [1.82, 2.24) is 10.3 Å². The summed E-state index contributed by atoms with van der Waals surface area (Å²) in [5.41, 5.74) is 1.17. The molecule has 136 valence electrons. The van der Waals surface area contributed by atoms with Crippen molar-refractivity contribution in [3.05, 3.63) is 93.7 Å². The van der Waals surface area contributed by atoms with E-state index in [0.717, 1.165) is 5.56 Å². The van der Waals surface area contributed by atoms with Gasteiger partial charge in [-0.25, -0.2) is 0 Å². The Morgan fingerprint density at radius 1 is 1.04 bits per heavy atom. The SMILES string of the molecule is O=C(N[C@]1(c2ccc(Cl)c(Cl)c2)CCOc2cccnc21)c1ccccc1. The van der Waals surface area contributed by atoms with Crippen LogP contribution in [0.3, 0.4) is 0 Å². The van der Waals surface area contributed by atoms with Crippen molar-refractivity contribution in [2.45, 2.75) is 12.0 Å². The van der Waals surface area contributed by atoms with E-state index in [2.05, 4.69) is 10.3 Å². The highest BCUT2D eigenvalue weighted by Crippen LogP contribution is 2.42. The van der Waals surface area contributed by atoms with Gasteiger partial charge in [0.15, 0.2) is 0 Å². The molecule has 0 unspecified atom stereocenters. The van der Waals surface area contributed by atoms with Crippen molar-refractivity contribution in [3.8, 4) is 5.75 Å². The highest BCUT2D eigenvalue weighted by Gasteiger charge is 2.42. The molecule has 1 amide bonds. The van der Waals surface area contributed by atoms with E-state index in [4.69, 9.17) is 27.9 Å². The fourth-order valence-corrected chi connectivity index (χ4v) is 3.65. The van der Waals surface area contributed by atoms with Gasteiger partial charge in [0.05, 0.1) is 16.7 Å². The molecule has 1 aliphatic rings. The molecule has 1 aliphatic heterocycles. The van der Waals surface area contributed by atoms with Gasteiger partial charge in [-0.1, -0.05) is 47.5 Å². The molecule has 1 atom stereocenters. The van der Waals surface area contributed by atoms with E-state index in [1.807, 2.05) is 36.4 Å². The number of carbonyl (C=O) groups excluding carboxylic acids is 1. The average Bonchev–Trinajstić information content (AvgIpc) is 2.71. The van der Waals surface area contributed by atoms with E-state index in [0.29, 0.717) is 40.1 Å². The van der Waals surface area contributed by atoms with Crippen LogP contribution in [-0.4, -0.2) is 17.5 Å². The average molecular weight is 399 g/mol. The normalized spacial score (nSPS) is 18.3. The number of hydrogen-bond donors (Lipinski definition) is 1. The number of fused-ring (bicyclic) bond motifs is 1. The van der Waals surface area contributed by atoms with Crippen LogP contribution in [0, 0.1) is 0 Å². The monoisotopic (exact) mass is 398 g/mol. The number of amides is 1. The molecule has 0 aliphatic carbocycles. The first kappa shape index (κ1) is 17.8. The Labute approximate surface area is 167 Å². The molecule has 0 spiro atoms. The van der Waals surface area contributed by atoms with Crippen molar-refractivity contribution >= 4 is 29.1 Å². The molecule has 0 radical (unpaired) electrons. The van der Waals surface area contributed by atoms with E-state index in [9.17, 15) is 4.79 Å². The predicted octanol–water partition coefficient (Wildman–Crippen LogP) is 4.84. The first-order chi connectivity index (χ1) is 13.1. The van der Waals surface area contributed by atoms with Gasteiger partial charge in [0, 0.05) is 18.2 Å². The van der Waals surface area contributed by atoms with Crippen molar-refractivity contribution in [2.75, 3.05) is 6.61 Å². The van der Waals surface area contributed by atoms with Gasteiger partial charge in [0.1, 0.15) is 17.0 Å². The van der Waals surface area contributed by atoms with Crippen molar-refractivity contribution in [2.24, 2.45) is 0 Å². The maximum Gasteiger partial charge on any atom is 0.252 e. The molecule has 1 N–H and O–H groups in total.